The summed E-state index contributed by atoms with van der Waals surface area (Å²) in [5.74, 6) is 1.57. The molecule has 3 nitrogen and oxygen atoms in total. The quantitative estimate of drug-likeness (QED) is 0.526. The predicted octanol–water partition coefficient (Wildman–Crippen LogP) is 2.38. The molecule has 0 saturated carbocycles. The molecule has 1 heterocycles. The van der Waals surface area contributed by atoms with Crippen LogP contribution in [0.25, 0.3) is 0 Å². The summed E-state index contributed by atoms with van der Waals surface area (Å²) in [5, 5.41) is -0.482. The van der Waals surface area contributed by atoms with Crippen LogP contribution in [0.2, 0.25) is 0 Å². The van der Waals surface area contributed by atoms with Gasteiger partial charge in [-0.3, -0.25) is 4.79 Å². The minimum atomic E-state index is -0.482. The Balaban J connectivity index is 2.58. The molecular formula is C8H10ClNO2. The van der Waals surface area contributed by atoms with Crippen LogP contribution in [-0.4, -0.2) is 17.3 Å². The Kier molecular flexibility index (Phi) is 2.76. The lowest BCUT2D eigenvalue weighted by Gasteiger charge is -2.10. The first-order valence-electron chi connectivity index (χ1n) is 3.55. The molecule has 0 N–H and O–H groups in total. The largest absolute Gasteiger partial charge is 0.464 e. The molecule has 1 rings (SSSR count). The minimum Gasteiger partial charge on any atom is -0.464 e. The van der Waals surface area contributed by atoms with Crippen LogP contribution in [0.15, 0.2) is 16.5 Å². The topological polar surface area (TPSA) is 33.5 Å². The summed E-state index contributed by atoms with van der Waals surface area (Å²) < 4.78 is 5.25. The van der Waals surface area contributed by atoms with E-state index in [9.17, 15) is 4.79 Å². The Morgan fingerprint density at radius 2 is 2.33 bits per heavy atom. The summed E-state index contributed by atoms with van der Waals surface area (Å²) in [5.41, 5.74) is 0. The van der Waals surface area contributed by atoms with Crippen molar-refractivity contribution in [2.75, 3.05) is 7.05 Å². The molecule has 0 fully saturated rings. The first-order valence-corrected chi connectivity index (χ1v) is 3.93. The second kappa shape index (κ2) is 3.63. The Morgan fingerprint density at radius 3 is 2.75 bits per heavy atom. The van der Waals surface area contributed by atoms with E-state index >= 15 is 0 Å². The molecule has 1 aromatic heterocycles. The lowest BCUT2D eigenvalue weighted by Crippen LogP contribution is -2.19. The fourth-order valence-corrected chi connectivity index (χ4v) is 0.926. The zero-order valence-corrected chi connectivity index (χ0v) is 7.76. The van der Waals surface area contributed by atoms with Crippen molar-refractivity contribution in [3.05, 3.63) is 23.7 Å². The maximum Gasteiger partial charge on any atom is 0.316 e. The lowest BCUT2D eigenvalue weighted by atomic mass is 10.4. The molecule has 66 valence electrons. The maximum absolute atomic E-state index is 10.6. The zero-order valence-electron chi connectivity index (χ0n) is 7.00. The maximum atomic E-state index is 10.6. The van der Waals surface area contributed by atoms with Crippen LogP contribution < -0.4 is 0 Å². The molecule has 1 amide bonds. The average Bonchev–Trinajstić information content (AvgIpc) is 2.35. The fourth-order valence-electron chi connectivity index (χ4n) is 0.866. The first-order chi connectivity index (χ1) is 5.59. The van der Waals surface area contributed by atoms with Gasteiger partial charge in [0.2, 0.25) is 0 Å². The van der Waals surface area contributed by atoms with Crippen LogP contribution in [0.4, 0.5) is 4.79 Å². The molecule has 0 atom stereocenters. The van der Waals surface area contributed by atoms with Gasteiger partial charge in [-0.25, -0.2) is 0 Å². The number of nitrogens with zero attached hydrogens (tertiary/aromatic N) is 1. The third kappa shape index (κ3) is 2.27. The zero-order chi connectivity index (χ0) is 9.14. The number of carbonyl (C=O) groups is 1. The Bertz CT molecular complexity index is 282. The monoisotopic (exact) mass is 187 g/mol. The minimum absolute atomic E-state index is 0.413. The van der Waals surface area contributed by atoms with Gasteiger partial charge in [0.1, 0.15) is 11.5 Å². The number of amides is 1. The molecule has 0 aliphatic rings. The van der Waals surface area contributed by atoms with E-state index in [1.165, 1.54) is 4.90 Å². The average molecular weight is 188 g/mol. The molecule has 1 aromatic rings. The van der Waals surface area contributed by atoms with Crippen LogP contribution >= 0.6 is 11.6 Å². The summed E-state index contributed by atoms with van der Waals surface area (Å²) >= 11 is 5.23. The van der Waals surface area contributed by atoms with Crippen molar-refractivity contribution in [3.63, 3.8) is 0 Å². The van der Waals surface area contributed by atoms with Crippen molar-refractivity contribution in [2.45, 2.75) is 13.5 Å². The highest BCUT2D eigenvalue weighted by Gasteiger charge is 2.07. The SMILES string of the molecule is Cc1ccc(CN(C)C(=O)Cl)o1. The normalized spacial score (nSPS) is 9.92. The number of hydrogen-bond acceptors (Lipinski definition) is 2. The lowest BCUT2D eigenvalue weighted by molar-refractivity contribution is 0.226. The van der Waals surface area contributed by atoms with E-state index in [0.717, 1.165) is 11.5 Å². The number of hydrogen-bond donors (Lipinski definition) is 0. The van der Waals surface area contributed by atoms with Crippen molar-refractivity contribution >= 4 is 17.0 Å². The van der Waals surface area contributed by atoms with Crippen LogP contribution in [-0.2, 0) is 6.54 Å². The molecule has 0 saturated heterocycles. The van der Waals surface area contributed by atoms with Crippen LogP contribution in [0.3, 0.4) is 0 Å². The Labute approximate surface area is 75.9 Å². The Morgan fingerprint density at radius 1 is 1.67 bits per heavy atom. The standard InChI is InChI=1S/C8H10ClNO2/c1-6-3-4-7(12-6)5-10(2)8(9)11/h3-4H,5H2,1-2H3. The van der Waals surface area contributed by atoms with Crippen LogP contribution in [0.5, 0.6) is 0 Å². The third-order valence-corrected chi connectivity index (χ3v) is 1.78. The number of rotatable bonds is 2. The van der Waals surface area contributed by atoms with E-state index in [1.807, 2.05) is 19.1 Å². The van der Waals surface area contributed by atoms with Crippen molar-refractivity contribution in [3.8, 4) is 0 Å². The molecular weight excluding hydrogens is 178 g/mol. The van der Waals surface area contributed by atoms with Gasteiger partial charge in [0, 0.05) is 7.05 Å². The molecule has 0 aliphatic heterocycles. The smallest absolute Gasteiger partial charge is 0.316 e. The van der Waals surface area contributed by atoms with E-state index in [-0.39, 0.29) is 0 Å². The van der Waals surface area contributed by atoms with E-state index in [2.05, 4.69) is 0 Å². The van der Waals surface area contributed by atoms with Crippen molar-refractivity contribution in [1.82, 2.24) is 4.90 Å². The number of aryl methyl sites for hydroxylation is 1. The summed E-state index contributed by atoms with van der Waals surface area (Å²) in [6.45, 7) is 2.27. The molecule has 12 heavy (non-hydrogen) atoms. The van der Waals surface area contributed by atoms with Gasteiger partial charge in [0.15, 0.2) is 0 Å². The van der Waals surface area contributed by atoms with Crippen molar-refractivity contribution < 1.29 is 9.21 Å². The molecule has 4 heteroatoms. The predicted molar refractivity (Wildman–Crippen MR) is 46.2 cm³/mol. The van der Waals surface area contributed by atoms with Crippen LogP contribution in [0, 0.1) is 6.92 Å². The molecule has 0 unspecified atom stereocenters. The van der Waals surface area contributed by atoms with Gasteiger partial charge >= 0.3 is 5.37 Å². The summed E-state index contributed by atoms with van der Waals surface area (Å²) in [7, 11) is 1.62. The summed E-state index contributed by atoms with van der Waals surface area (Å²) in [6, 6.07) is 3.67. The highest BCUT2D eigenvalue weighted by atomic mass is 35.5. The highest BCUT2D eigenvalue weighted by Crippen LogP contribution is 2.09. The number of carbonyl (C=O) groups excluding carboxylic acids is 1. The Hall–Kier alpha value is -0.960. The molecule has 0 spiro atoms. The van der Waals surface area contributed by atoms with Crippen molar-refractivity contribution in [1.29, 1.82) is 0 Å². The van der Waals surface area contributed by atoms with Gasteiger partial charge < -0.3 is 9.32 Å². The van der Waals surface area contributed by atoms with Gasteiger partial charge in [-0.15, -0.1) is 0 Å². The number of halogens is 1. The van der Waals surface area contributed by atoms with Gasteiger partial charge in [0.05, 0.1) is 6.54 Å². The second-order valence-corrected chi connectivity index (χ2v) is 2.94. The van der Waals surface area contributed by atoms with Gasteiger partial charge in [-0.2, -0.15) is 0 Å². The fraction of sp³-hybridized carbons (Fsp3) is 0.375. The van der Waals surface area contributed by atoms with Gasteiger partial charge in [-0.1, -0.05) is 0 Å². The molecule has 0 bridgehead atoms. The first kappa shape index (κ1) is 9.13. The summed E-state index contributed by atoms with van der Waals surface area (Å²) in [6.07, 6.45) is 0. The number of furan rings is 1. The molecule has 0 radical (unpaired) electrons. The van der Waals surface area contributed by atoms with E-state index in [4.69, 9.17) is 16.0 Å². The molecule has 0 aromatic carbocycles. The highest BCUT2D eigenvalue weighted by molar-refractivity contribution is 6.62. The van der Waals surface area contributed by atoms with E-state index in [1.54, 1.807) is 7.05 Å². The van der Waals surface area contributed by atoms with Gasteiger partial charge in [0.25, 0.3) is 0 Å². The third-order valence-electron chi connectivity index (χ3n) is 1.49. The van der Waals surface area contributed by atoms with E-state index in [0.29, 0.717) is 6.54 Å². The van der Waals surface area contributed by atoms with Gasteiger partial charge in [-0.05, 0) is 30.7 Å². The second-order valence-electron chi connectivity index (χ2n) is 2.62. The van der Waals surface area contributed by atoms with Crippen molar-refractivity contribution in [2.24, 2.45) is 0 Å². The molecule has 0 aliphatic carbocycles. The summed E-state index contributed by atoms with van der Waals surface area (Å²) in [4.78, 5) is 12.0. The van der Waals surface area contributed by atoms with E-state index < -0.39 is 5.37 Å². The van der Waals surface area contributed by atoms with Crippen LogP contribution in [0.1, 0.15) is 11.5 Å².